The monoisotopic (exact) mass is 259 g/mol. The van der Waals surface area contributed by atoms with Gasteiger partial charge in [0.05, 0.1) is 0 Å². The summed E-state index contributed by atoms with van der Waals surface area (Å²) < 4.78 is 0. The molecule has 108 valence electrons. The maximum absolute atomic E-state index is 10.3. The first kappa shape index (κ1) is 19.4. The molecule has 4 heteroatoms. The van der Waals surface area contributed by atoms with E-state index < -0.39 is 5.97 Å². The number of rotatable bonds is 12. The molecule has 0 atom stereocenters. The molecule has 2 N–H and O–H groups in total. The van der Waals surface area contributed by atoms with Gasteiger partial charge in [-0.2, -0.15) is 4.91 Å². The molecule has 0 fully saturated rings. The van der Waals surface area contributed by atoms with E-state index >= 15 is 0 Å². The molecular weight excluding hydrogens is 230 g/mol. The highest BCUT2D eigenvalue weighted by Gasteiger charge is 1.96. The van der Waals surface area contributed by atoms with Crippen molar-refractivity contribution in [2.75, 3.05) is 0 Å². The van der Waals surface area contributed by atoms with Crippen LogP contribution in [0.25, 0.3) is 0 Å². The number of nitrogens with one attached hydrogen (secondary N) is 1. The van der Waals surface area contributed by atoms with Crippen LogP contribution >= 0.6 is 0 Å². The summed E-state index contributed by atoms with van der Waals surface area (Å²) in [6.45, 7) is 2.25. The summed E-state index contributed by atoms with van der Waals surface area (Å²) in [5.74, 6) is -0.657. The second-order valence-corrected chi connectivity index (χ2v) is 4.68. The minimum absolute atomic E-state index is 0.344. The van der Waals surface area contributed by atoms with Crippen LogP contribution in [0.1, 0.15) is 84.0 Å². The first-order valence-electron chi connectivity index (χ1n) is 7.19. The van der Waals surface area contributed by atoms with E-state index in [1.807, 2.05) is 0 Å². The van der Waals surface area contributed by atoms with E-state index in [1.54, 1.807) is 0 Å². The lowest BCUT2D eigenvalue weighted by Gasteiger charge is -2.01. The Hall–Kier alpha value is -0.930. The molecular formula is C14H29NO3. The largest absolute Gasteiger partial charge is 0.481 e. The molecule has 0 aliphatic rings. The zero-order chi connectivity index (χ0) is 14.1. The highest BCUT2D eigenvalue weighted by atomic mass is 16.4. The second-order valence-electron chi connectivity index (χ2n) is 4.68. The van der Waals surface area contributed by atoms with Crippen molar-refractivity contribution in [1.82, 2.24) is 0 Å². The number of carbonyl (C=O) groups is 1. The number of nitroso groups, excluding NO2 is 1. The minimum atomic E-state index is -0.657. The van der Waals surface area contributed by atoms with E-state index in [1.165, 1.54) is 57.8 Å². The van der Waals surface area contributed by atoms with Gasteiger partial charge in [0.2, 0.25) is 0 Å². The van der Waals surface area contributed by atoms with Crippen LogP contribution in [0.15, 0.2) is 0 Å². The van der Waals surface area contributed by atoms with Crippen LogP contribution in [-0.4, -0.2) is 11.1 Å². The molecule has 0 aromatic heterocycles. The van der Waals surface area contributed by atoms with Crippen molar-refractivity contribution in [2.24, 2.45) is 0 Å². The molecule has 0 spiro atoms. The summed E-state index contributed by atoms with van der Waals surface area (Å²) in [6.07, 6.45) is 14.4. The lowest BCUT2D eigenvalue weighted by Crippen LogP contribution is -1.93. The van der Waals surface area contributed by atoms with Crippen LogP contribution < -0.4 is 0 Å². The molecule has 0 unspecified atom stereocenters. The summed E-state index contributed by atoms with van der Waals surface area (Å²) >= 11 is 0. The fourth-order valence-corrected chi connectivity index (χ4v) is 1.94. The van der Waals surface area contributed by atoms with Crippen LogP contribution in [0.4, 0.5) is 0 Å². The summed E-state index contributed by atoms with van der Waals surface area (Å²) in [7, 11) is 0. The van der Waals surface area contributed by atoms with Crippen LogP contribution in [0, 0.1) is 10.5 Å². The van der Waals surface area contributed by atoms with Crippen molar-refractivity contribution in [3.05, 3.63) is 4.91 Å². The molecule has 0 radical (unpaired) electrons. The number of unbranched alkanes of at least 4 members (excludes halogenated alkanes) is 10. The van der Waals surface area contributed by atoms with E-state index in [4.69, 9.17) is 10.0 Å². The zero-order valence-electron chi connectivity index (χ0n) is 11.7. The van der Waals surface area contributed by atoms with Crippen LogP contribution in [-0.2, 0) is 4.79 Å². The Morgan fingerprint density at radius 2 is 1.11 bits per heavy atom. The van der Waals surface area contributed by atoms with Crippen molar-refractivity contribution in [3.8, 4) is 0 Å². The highest BCUT2D eigenvalue weighted by molar-refractivity contribution is 5.66. The van der Waals surface area contributed by atoms with Gasteiger partial charge in [-0.3, -0.25) is 4.79 Å². The quantitative estimate of drug-likeness (QED) is 0.378. The molecule has 0 aliphatic carbocycles. The molecule has 18 heavy (non-hydrogen) atoms. The van der Waals surface area contributed by atoms with Gasteiger partial charge in [0.15, 0.2) is 0 Å². The average Bonchev–Trinajstić information content (AvgIpc) is 2.38. The van der Waals surface area contributed by atoms with E-state index in [0.29, 0.717) is 6.42 Å². The maximum Gasteiger partial charge on any atom is 0.303 e. The third-order valence-corrected chi connectivity index (χ3v) is 2.99. The Labute approximate surface area is 111 Å². The summed E-state index contributed by atoms with van der Waals surface area (Å²) in [4.78, 5) is 17.8. The minimum Gasteiger partial charge on any atom is -0.481 e. The normalized spacial score (nSPS) is 9.61. The van der Waals surface area contributed by atoms with E-state index in [-0.39, 0.29) is 0 Å². The summed E-state index contributed by atoms with van der Waals surface area (Å²) in [5, 5.41) is 8.46. The number of aliphatic carboxylic acids is 1. The molecule has 0 rings (SSSR count). The van der Waals surface area contributed by atoms with Gasteiger partial charge in [0, 0.05) is 6.42 Å². The third kappa shape index (κ3) is 20.5. The van der Waals surface area contributed by atoms with Gasteiger partial charge in [-0.1, -0.05) is 76.7 Å². The lowest BCUT2D eigenvalue weighted by atomic mass is 10.1. The molecule has 0 bridgehead atoms. The molecule has 0 saturated heterocycles. The van der Waals surface area contributed by atoms with Gasteiger partial charge in [0.25, 0.3) is 0 Å². The Kier molecular flexibility index (Phi) is 19.9. The predicted molar refractivity (Wildman–Crippen MR) is 74.8 cm³/mol. The first-order chi connectivity index (χ1) is 8.77. The average molecular weight is 259 g/mol. The van der Waals surface area contributed by atoms with Gasteiger partial charge >= 0.3 is 5.97 Å². The third-order valence-electron chi connectivity index (χ3n) is 2.99. The summed E-state index contributed by atoms with van der Waals surface area (Å²) in [6, 6.07) is 0. The Morgan fingerprint density at radius 3 is 1.44 bits per heavy atom. The molecule has 0 amide bonds. The molecule has 0 aromatic carbocycles. The number of hydrogen-bond acceptors (Lipinski definition) is 3. The van der Waals surface area contributed by atoms with Crippen LogP contribution in [0.5, 0.6) is 0 Å². The fourth-order valence-electron chi connectivity index (χ4n) is 1.94. The topological polar surface area (TPSA) is 78.2 Å². The number of hydrogen-bond donors (Lipinski definition) is 2. The number of carboxylic acids is 1. The van der Waals surface area contributed by atoms with Crippen LogP contribution in [0.2, 0.25) is 0 Å². The smallest absolute Gasteiger partial charge is 0.303 e. The maximum atomic E-state index is 10.3. The van der Waals surface area contributed by atoms with Crippen molar-refractivity contribution in [3.63, 3.8) is 0 Å². The Balaban J connectivity index is 0. The number of carboxylic acid groups (broad SMARTS) is 1. The Morgan fingerprint density at radius 1 is 0.778 bits per heavy atom. The van der Waals surface area contributed by atoms with Gasteiger partial charge in [-0.25, -0.2) is 0 Å². The van der Waals surface area contributed by atoms with Gasteiger partial charge < -0.3 is 5.11 Å². The summed E-state index contributed by atoms with van der Waals surface area (Å²) in [5.41, 5.74) is 4.50. The van der Waals surface area contributed by atoms with Gasteiger partial charge in [-0.05, 0) is 6.42 Å². The van der Waals surface area contributed by atoms with Crippen molar-refractivity contribution >= 4 is 5.97 Å². The van der Waals surface area contributed by atoms with Crippen molar-refractivity contribution < 1.29 is 9.90 Å². The predicted octanol–water partition coefficient (Wildman–Crippen LogP) is 5.10. The van der Waals surface area contributed by atoms with E-state index in [9.17, 15) is 4.79 Å². The van der Waals surface area contributed by atoms with E-state index in [2.05, 4.69) is 12.5 Å². The first-order valence-corrected chi connectivity index (χ1v) is 7.19. The fraction of sp³-hybridized carbons (Fsp3) is 0.929. The molecule has 0 saturated carbocycles. The molecule has 0 heterocycles. The van der Waals surface area contributed by atoms with E-state index in [0.717, 1.165) is 12.8 Å². The standard InChI is InChI=1S/C14H28O2.HNO/c1-2-3-4-5-6-7-8-9-10-11-12-13-14(15)16;1-2/h2-13H2,1H3,(H,15,16);1H. The van der Waals surface area contributed by atoms with Crippen molar-refractivity contribution in [2.45, 2.75) is 84.0 Å². The van der Waals surface area contributed by atoms with Crippen molar-refractivity contribution in [1.29, 1.82) is 5.59 Å². The second kappa shape index (κ2) is 18.4. The lowest BCUT2D eigenvalue weighted by molar-refractivity contribution is -0.137. The van der Waals surface area contributed by atoms with Gasteiger partial charge in [0.1, 0.15) is 0 Å². The molecule has 0 aromatic rings. The molecule has 4 nitrogen and oxygen atoms in total. The van der Waals surface area contributed by atoms with Crippen LogP contribution in [0.3, 0.4) is 0 Å². The van der Waals surface area contributed by atoms with Gasteiger partial charge in [-0.15, -0.1) is 0 Å². The zero-order valence-corrected chi connectivity index (χ0v) is 11.7. The Bertz CT molecular complexity index is 174. The SMILES string of the molecule is CCCCCCCCCCCCCC(=O)O.N=O. The highest BCUT2D eigenvalue weighted by Crippen LogP contribution is 2.11. The molecule has 0 aliphatic heterocycles.